The lowest BCUT2D eigenvalue weighted by Crippen LogP contribution is -2.40. The Morgan fingerprint density at radius 1 is 1.14 bits per heavy atom. The second-order valence-electron chi connectivity index (χ2n) is 5.68. The van der Waals surface area contributed by atoms with Crippen LogP contribution in [0.3, 0.4) is 0 Å². The van der Waals surface area contributed by atoms with Crippen LogP contribution in [-0.2, 0) is 11.2 Å². The molecular formula is C20H17Cl2F3O3. The van der Waals surface area contributed by atoms with Crippen LogP contribution in [0.5, 0.6) is 5.75 Å². The molecular weight excluding hydrogens is 416 g/mol. The number of hydrogen-bond acceptors (Lipinski definition) is 2. The first-order valence-electron chi connectivity index (χ1n) is 8.41. The first kappa shape index (κ1) is 22.1. The Labute approximate surface area is 170 Å². The molecule has 150 valence electrons. The number of ether oxygens (including phenoxy) is 1. The van der Waals surface area contributed by atoms with E-state index in [1.54, 1.807) is 0 Å². The van der Waals surface area contributed by atoms with Crippen molar-refractivity contribution in [3.8, 4) is 5.75 Å². The topological polar surface area (TPSA) is 46.5 Å². The summed E-state index contributed by atoms with van der Waals surface area (Å²) in [4.78, 5) is 11.2. The van der Waals surface area contributed by atoms with Gasteiger partial charge in [0.25, 0.3) is 0 Å². The van der Waals surface area contributed by atoms with Crippen LogP contribution in [0.1, 0.15) is 30.5 Å². The number of aliphatic carboxylic acids is 1. The molecule has 2 aromatic rings. The van der Waals surface area contributed by atoms with E-state index in [4.69, 9.17) is 33.0 Å². The van der Waals surface area contributed by atoms with Gasteiger partial charge < -0.3 is 9.84 Å². The molecule has 8 heteroatoms. The van der Waals surface area contributed by atoms with E-state index in [1.165, 1.54) is 6.07 Å². The SMILES string of the molecule is CC.O=C(O)C1=Cc2c(cc(Cc3ccccc3)c(Cl)c2Cl)OC1C(F)(F)F. The maximum absolute atomic E-state index is 13.2. The molecule has 0 aliphatic carbocycles. The van der Waals surface area contributed by atoms with Gasteiger partial charge in [0.1, 0.15) is 5.75 Å². The van der Waals surface area contributed by atoms with Gasteiger partial charge in [0, 0.05) is 5.56 Å². The zero-order chi connectivity index (χ0) is 21.1. The third-order valence-corrected chi connectivity index (χ3v) is 4.81. The number of fused-ring (bicyclic) bond motifs is 1. The molecule has 28 heavy (non-hydrogen) atoms. The summed E-state index contributed by atoms with van der Waals surface area (Å²) >= 11 is 12.4. The maximum Gasteiger partial charge on any atom is 0.430 e. The summed E-state index contributed by atoms with van der Waals surface area (Å²) in [6, 6.07) is 10.5. The van der Waals surface area contributed by atoms with Crippen molar-refractivity contribution in [2.45, 2.75) is 32.5 Å². The number of carboxylic acids is 1. The minimum absolute atomic E-state index is 0.0198. The Morgan fingerprint density at radius 3 is 2.29 bits per heavy atom. The fourth-order valence-electron chi connectivity index (χ4n) is 2.68. The van der Waals surface area contributed by atoms with E-state index in [0.717, 1.165) is 11.6 Å². The van der Waals surface area contributed by atoms with Crippen molar-refractivity contribution in [2.24, 2.45) is 0 Å². The Kier molecular flexibility index (Phi) is 7.01. The van der Waals surface area contributed by atoms with Crippen molar-refractivity contribution in [2.75, 3.05) is 0 Å². The largest absolute Gasteiger partial charge is 0.478 e. The monoisotopic (exact) mass is 432 g/mol. The quantitative estimate of drug-likeness (QED) is 0.609. The van der Waals surface area contributed by atoms with E-state index in [2.05, 4.69) is 0 Å². The summed E-state index contributed by atoms with van der Waals surface area (Å²) in [5.41, 5.74) is 0.440. The fourth-order valence-corrected chi connectivity index (χ4v) is 3.17. The predicted molar refractivity (Wildman–Crippen MR) is 103 cm³/mol. The number of carboxylic acid groups (broad SMARTS) is 1. The summed E-state index contributed by atoms with van der Waals surface area (Å²) in [6.45, 7) is 4.00. The Balaban J connectivity index is 0.00000136. The van der Waals surface area contributed by atoms with Gasteiger partial charge in [0.05, 0.1) is 15.6 Å². The van der Waals surface area contributed by atoms with Gasteiger partial charge in [-0.25, -0.2) is 4.79 Å². The number of rotatable bonds is 3. The molecule has 0 radical (unpaired) electrons. The van der Waals surface area contributed by atoms with Crippen LogP contribution < -0.4 is 4.74 Å². The summed E-state index contributed by atoms with van der Waals surface area (Å²) in [7, 11) is 0. The van der Waals surface area contributed by atoms with Gasteiger partial charge in [-0.15, -0.1) is 0 Å². The molecule has 0 amide bonds. The zero-order valence-electron chi connectivity index (χ0n) is 15.0. The first-order valence-corrected chi connectivity index (χ1v) is 9.17. The molecule has 0 aromatic heterocycles. The maximum atomic E-state index is 13.2. The molecule has 0 saturated heterocycles. The highest BCUT2D eigenvalue weighted by atomic mass is 35.5. The molecule has 0 saturated carbocycles. The van der Waals surface area contributed by atoms with Crippen molar-refractivity contribution in [1.29, 1.82) is 0 Å². The molecule has 3 nitrogen and oxygen atoms in total. The standard InChI is InChI=1S/C18H11Cl2F3O3.C2H6/c19-14-10(6-9-4-2-1-3-5-9)7-13-11(15(14)20)8-12(17(24)25)16(26-13)18(21,22)23;1-2/h1-5,7-8,16H,6H2,(H,24,25);1-2H3. The number of halogens is 5. The number of carbonyl (C=O) groups is 1. The minimum Gasteiger partial charge on any atom is -0.478 e. The van der Waals surface area contributed by atoms with Crippen molar-refractivity contribution in [3.05, 3.63) is 68.7 Å². The summed E-state index contributed by atoms with van der Waals surface area (Å²) in [5, 5.41) is 9.18. The van der Waals surface area contributed by atoms with Crippen molar-refractivity contribution in [3.63, 3.8) is 0 Å². The molecule has 2 aromatic carbocycles. The van der Waals surface area contributed by atoms with Crippen molar-refractivity contribution >= 4 is 35.2 Å². The predicted octanol–water partition coefficient (Wildman–Crippen LogP) is 6.40. The van der Waals surface area contributed by atoms with E-state index < -0.39 is 23.8 Å². The highest BCUT2D eigenvalue weighted by Gasteiger charge is 2.48. The van der Waals surface area contributed by atoms with E-state index in [9.17, 15) is 18.0 Å². The van der Waals surface area contributed by atoms with Crippen LogP contribution in [0.15, 0.2) is 42.0 Å². The van der Waals surface area contributed by atoms with Crippen LogP contribution in [0.2, 0.25) is 10.0 Å². The highest BCUT2D eigenvalue weighted by Crippen LogP contribution is 2.44. The molecule has 0 spiro atoms. The molecule has 0 bridgehead atoms. The van der Waals surface area contributed by atoms with Crippen LogP contribution in [0.4, 0.5) is 13.2 Å². The molecule has 1 unspecified atom stereocenters. The van der Waals surface area contributed by atoms with E-state index in [0.29, 0.717) is 12.0 Å². The molecule has 1 aliphatic rings. The van der Waals surface area contributed by atoms with E-state index >= 15 is 0 Å². The minimum atomic E-state index is -4.88. The lowest BCUT2D eigenvalue weighted by atomic mass is 9.97. The molecule has 3 rings (SSSR count). The molecule has 1 aliphatic heterocycles. The van der Waals surface area contributed by atoms with Gasteiger partial charge in [-0.2, -0.15) is 13.2 Å². The smallest absolute Gasteiger partial charge is 0.430 e. The third kappa shape index (κ3) is 4.62. The third-order valence-electron chi connectivity index (χ3n) is 3.89. The second-order valence-corrected chi connectivity index (χ2v) is 6.44. The molecule has 1 atom stereocenters. The number of alkyl halides is 3. The average Bonchev–Trinajstić information content (AvgIpc) is 2.66. The second kappa shape index (κ2) is 8.88. The van der Waals surface area contributed by atoms with Gasteiger partial charge in [0.2, 0.25) is 6.10 Å². The molecule has 1 heterocycles. The Bertz CT molecular complexity index is 894. The fraction of sp³-hybridized carbons (Fsp3) is 0.250. The lowest BCUT2D eigenvalue weighted by Gasteiger charge is -2.28. The lowest BCUT2D eigenvalue weighted by molar-refractivity contribution is -0.187. The van der Waals surface area contributed by atoms with Gasteiger partial charge in [0.15, 0.2) is 0 Å². The van der Waals surface area contributed by atoms with E-state index in [-0.39, 0.29) is 21.4 Å². The van der Waals surface area contributed by atoms with Crippen molar-refractivity contribution in [1.82, 2.24) is 0 Å². The number of benzene rings is 2. The van der Waals surface area contributed by atoms with Gasteiger partial charge in [-0.1, -0.05) is 67.4 Å². The van der Waals surface area contributed by atoms with Gasteiger partial charge in [-0.05, 0) is 29.7 Å². The Hall–Kier alpha value is -2.18. The average molecular weight is 433 g/mol. The normalized spacial score (nSPS) is 15.5. The summed E-state index contributed by atoms with van der Waals surface area (Å²) < 4.78 is 44.5. The summed E-state index contributed by atoms with van der Waals surface area (Å²) in [6.07, 6.45) is -6.26. The van der Waals surface area contributed by atoms with Crippen LogP contribution in [-0.4, -0.2) is 23.4 Å². The van der Waals surface area contributed by atoms with Gasteiger partial charge >= 0.3 is 12.1 Å². The van der Waals surface area contributed by atoms with E-state index in [1.807, 2.05) is 44.2 Å². The summed E-state index contributed by atoms with van der Waals surface area (Å²) in [5.74, 6) is -1.89. The molecule has 1 N–H and O–H groups in total. The first-order chi connectivity index (χ1) is 13.2. The highest BCUT2D eigenvalue weighted by molar-refractivity contribution is 6.43. The molecule has 0 fully saturated rings. The van der Waals surface area contributed by atoms with Crippen LogP contribution in [0.25, 0.3) is 6.08 Å². The van der Waals surface area contributed by atoms with Crippen LogP contribution in [0, 0.1) is 0 Å². The Morgan fingerprint density at radius 2 is 1.75 bits per heavy atom. The van der Waals surface area contributed by atoms with Crippen molar-refractivity contribution < 1.29 is 27.8 Å². The van der Waals surface area contributed by atoms with Gasteiger partial charge in [-0.3, -0.25) is 0 Å². The zero-order valence-corrected chi connectivity index (χ0v) is 16.5. The number of hydrogen-bond donors (Lipinski definition) is 1. The van der Waals surface area contributed by atoms with Crippen LogP contribution >= 0.6 is 23.2 Å².